The van der Waals surface area contributed by atoms with Crippen molar-refractivity contribution in [1.82, 2.24) is 15.0 Å². The molecule has 0 aliphatic heterocycles. The van der Waals surface area contributed by atoms with Gasteiger partial charge in [-0.2, -0.15) is 0 Å². The molecule has 6 nitrogen and oxygen atoms in total. The molecule has 0 aliphatic rings. The number of fused-ring (bicyclic) bond motifs is 1. The molecule has 2 heterocycles. The number of pyridine rings is 1. The van der Waals surface area contributed by atoms with Crippen molar-refractivity contribution in [2.75, 3.05) is 5.32 Å². The maximum Gasteiger partial charge on any atom is 0.251 e. The van der Waals surface area contributed by atoms with Crippen LogP contribution in [-0.4, -0.2) is 20.9 Å². The Kier molecular flexibility index (Phi) is 4.09. The van der Waals surface area contributed by atoms with Crippen molar-refractivity contribution in [1.29, 1.82) is 0 Å². The standard InChI is InChI=1S/C16H13FN4O2/c17-12-3-4-13-11(9-12)8-10(15(23)20-13)2-5-14(22)21-16-18-6-1-7-19-16/h1,3-4,6-9H,2,5H2,(H,20,23)(H,18,19,21,22). The van der Waals surface area contributed by atoms with Gasteiger partial charge in [-0.1, -0.05) is 0 Å². The van der Waals surface area contributed by atoms with Crippen LogP contribution < -0.4 is 10.9 Å². The summed E-state index contributed by atoms with van der Waals surface area (Å²) in [4.78, 5) is 34.3. The second kappa shape index (κ2) is 6.35. The molecule has 0 atom stereocenters. The van der Waals surface area contributed by atoms with Crippen LogP contribution in [0.25, 0.3) is 10.9 Å². The molecule has 0 saturated carbocycles. The van der Waals surface area contributed by atoms with Gasteiger partial charge in [0.15, 0.2) is 0 Å². The number of H-pyrrole nitrogens is 1. The van der Waals surface area contributed by atoms with E-state index in [4.69, 9.17) is 0 Å². The maximum absolute atomic E-state index is 13.3. The van der Waals surface area contributed by atoms with Crippen LogP contribution in [0, 0.1) is 5.82 Å². The number of carbonyl (C=O) groups excluding carboxylic acids is 1. The first-order valence-corrected chi connectivity index (χ1v) is 7.00. The van der Waals surface area contributed by atoms with Gasteiger partial charge in [-0.15, -0.1) is 0 Å². The Morgan fingerprint density at radius 1 is 1.22 bits per heavy atom. The number of benzene rings is 1. The highest BCUT2D eigenvalue weighted by Crippen LogP contribution is 2.13. The van der Waals surface area contributed by atoms with Gasteiger partial charge in [0.25, 0.3) is 5.56 Å². The highest BCUT2D eigenvalue weighted by Gasteiger charge is 2.08. The molecular formula is C16H13FN4O2. The molecule has 0 saturated heterocycles. The smallest absolute Gasteiger partial charge is 0.251 e. The molecule has 23 heavy (non-hydrogen) atoms. The summed E-state index contributed by atoms with van der Waals surface area (Å²) >= 11 is 0. The van der Waals surface area contributed by atoms with E-state index in [0.29, 0.717) is 16.5 Å². The number of amides is 1. The lowest BCUT2D eigenvalue weighted by Crippen LogP contribution is -2.18. The Morgan fingerprint density at radius 3 is 2.78 bits per heavy atom. The fourth-order valence-electron chi connectivity index (χ4n) is 2.21. The molecule has 0 spiro atoms. The van der Waals surface area contributed by atoms with Crippen molar-refractivity contribution in [2.24, 2.45) is 0 Å². The first-order chi connectivity index (χ1) is 11.1. The number of aryl methyl sites for hydroxylation is 1. The highest BCUT2D eigenvalue weighted by atomic mass is 19.1. The largest absolute Gasteiger partial charge is 0.322 e. The monoisotopic (exact) mass is 312 g/mol. The molecule has 0 radical (unpaired) electrons. The lowest BCUT2D eigenvalue weighted by atomic mass is 10.1. The summed E-state index contributed by atoms with van der Waals surface area (Å²) in [5, 5.41) is 3.13. The fourth-order valence-corrected chi connectivity index (χ4v) is 2.21. The average molecular weight is 312 g/mol. The highest BCUT2D eigenvalue weighted by molar-refractivity contribution is 5.89. The van der Waals surface area contributed by atoms with E-state index in [2.05, 4.69) is 20.3 Å². The van der Waals surface area contributed by atoms with Crippen LogP contribution in [0.3, 0.4) is 0 Å². The lowest BCUT2D eigenvalue weighted by Gasteiger charge is -2.05. The van der Waals surface area contributed by atoms with Crippen molar-refractivity contribution in [3.05, 3.63) is 64.5 Å². The molecule has 116 valence electrons. The number of nitrogens with zero attached hydrogens (tertiary/aromatic N) is 2. The van der Waals surface area contributed by atoms with Crippen molar-refractivity contribution >= 4 is 22.8 Å². The third kappa shape index (κ3) is 3.57. The Hall–Kier alpha value is -3.09. The predicted octanol–water partition coefficient (Wildman–Crippen LogP) is 2.03. The van der Waals surface area contributed by atoms with Crippen LogP contribution >= 0.6 is 0 Å². The first-order valence-electron chi connectivity index (χ1n) is 7.00. The summed E-state index contributed by atoms with van der Waals surface area (Å²) in [6.45, 7) is 0. The molecule has 0 bridgehead atoms. The fraction of sp³-hybridized carbons (Fsp3) is 0.125. The molecule has 3 aromatic rings. The third-order valence-electron chi connectivity index (χ3n) is 3.32. The van der Waals surface area contributed by atoms with Crippen molar-refractivity contribution in [3.8, 4) is 0 Å². The minimum Gasteiger partial charge on any atom is -0.322 e. The van der Waals surface area contributed by atoms with Crippen LogP contribution in [0.15, 0.2) is 47.5 Å². The number of aromatic nitrogens is 3. The van der Waals surface area contributed by atoms with E-state index in [0.717, 1.165) is 0 Å². The first kappa shape index (κ1) is 14.8. The Bertz CT molecular complexity index is 909. The number of rotatable bonds is 4. The van der Waals surface area contributed by atoms with Crippen LogP contribution in [0.1, 0.15) is 12.0 Å². The molecule has 1 aromatic carbocycles. The van der Waals surface area contributed by atoms with Gasteiger partial charge < -0.3 is 4.98 Å². The van der Waals surface area contributed by atoms with Gasteiger partial charge in [0.05, 0.1) is 0 Å². The Labute approximate surface area is 130 Å². The summed E-state index contributed by atoms with van der Waals surface area (Å²) in [7, 11) is 0. The molecule has 1 amide bonds. The van der Waals surface area contributed by atoms with Crippen LogP contribution in [0.2, 0.25) is 0 Å². The third-order valence-corrected chi connectivity index (χ3v) is 3.32. The van der Waals surface area contributed by atoms with E-state index in [1.54, 1.807) is 12.1 Å². The Morgan fingerprint density at radius 2 is 2.00 bits per heavy atom. The molecule has 2 aromatic heterocycles. The molecule has 2 N–H and O–H groups in total. The van der Waals surface area contributed by atoms with Gasteiger partial charge in [-0.25, -0.2) is 14.4 Å². The zero-order chi connectivity index (χ0) is 16.2. The van der Waals surface area contributed by atoms with Crippen molar-refractivity contribution in [3.63, 3.8) is 0 Å². The zero-order valence-electron chi connectivity index (χ0n) is 12.0. The topological polar surface area (TPSA) is 87.7 Å². The number of hydrogen-bond acceptors (Lipinski definition) is 4. The van der Waals surface area contributed by atoms with Gasteiger partial charge in [0.1, 0.15) is 5.82 Å². The Balaban J connectivity index is 1.72. The van der Waals surface area contributed by atoms with E-state index >= 15 is 0 Å². The minimum absolute atomic E-state index is 0.0994. The van der Waals surface area contributed by atoms with Gasteiger partial charge >= 0.3 is 0 Å². The molecule has 0 aliphatic carbocycles. The number of hydrogen-bond donors (Lipinski definition) is 2. The summed E-state index contributed by atoms with van der Waals surface area (Å²) in [5.74, 6) is -0.462. The summed E-state index contributed by atoms with van der Waals surface area (Å²) in [6.07, 6.45) is 3.37. The minimum atomic E-state index is -0.380. The molecule has 0 fully saturated rings. The number of anilines is 1. The second-order valence-electron chi connectivity index (χ2n) is 4.98. The van der Waals surface area contributed by atoms with Gasteiger partial charge in [0.2, 0.25) is 11.9 Å². The van der Waals surface area contributed by atoms with Crippen molar-refractivity contribution in [2.45, 2.75) is 12.8 Å². The van der Waals surface area contributed by atoms with Gasteiger partial charge in [-0.3, -0.25) is 14.9 Å². The summed E-state index contributed by atoms with van der Waals surface area (Å²) in [6, 6.07) is 7.38. The van der Waals surface area contributed by atoms with E-state index in [1.165, 1.54) is 30.6 Å². The molecular weight excluding hydrogens is 299 g/mol. The average Bonchev–Trinajstić information content (AvgIpc) is 2.54. The molecule has 7 heteroatoms. The van der Waals surface area contributed by atoms with Crippen LogP contribution in [-0.2, 0) is 11.2 Å². The predicted molar refractivity (Wildman–Crippen MR) is 83.5 cm³/mol. The van der Waals surface area contributed by atoms with Crippen LogP contribution in [0.5, 0.6) is 0 Å². The second-order valence-corrected chi connectivity index (χ2v) is 4.98. The normalized spacial score (nSPS) is 10.7. The summed E-state index contributed by atoms with van der Waals surface area (Å²) < 4.78 is 13.3. The lowest BCUT2D eigenvalue weighted by molar-refractivity contribution is -0.116. The zero-order valence-corrected chi connectivity index (χ0v) is 12.0. The van der Waals surface area contributed by atoms with Gasteiger partial charge in [0, 0.05) is 35.3 Å². The number of aromatic amines is 1. The summed E-state index contributed by atoms with van der Waals surface area (Å²) in [5.41, 5.74) is 0.697. The van der Waals surface area contributed by atoms with E-state index in [-0.39, 0.29) is 36.1 Å². The maximum atomic E-state index is 13.3. The number of halogens is 1. The van der Waals surface area contributed by atoms with Gasteiger partial charge in [-0.05, 0) is 36.8 Å². The number of nitrogens with one attached hydrogen (secondary N) is 2. The molecule has 3 rings (SSSR count). The van der Waals surface area contributed by atoms with E-state index < -0.39 is 0 Å². The van der Waals surface area contributed by atoms with E-state index in [9.17, 15) is 14.0 Å². The molecule has 0 unspecified atom stereocenters. The van der Waals surface area contributed by atoms with Crippen molar-refractivity contribution < 1.29 is 9.18 Å². The van der Waals surface area contributed by atoms with Crippen LogP contribution in [0.4, 0.5) is 10.3 Å². The van der Waals surface area contributed by atoms with E-state index in [1.807, 2.05) is 0 Å². The number of carbonyl (C=O) groups is 1. The SMILES string of the molecule is O=C(CCc1cc2cc(F)ccc2[nH]c1=O)Nc1ncccn1. The quantitative estimate of drug-likeness (QED) is 0.771.